The third-order valence-electron chi connectivity index (χ3n) is 6.28. The maximum absolute atomic E-state index is 13.1. The summed E-state index contributed by atoms with van der Waals surface area (Å²) in [5.41, 5.74) is 1.18. The van der Waals surface area contributed by atoms with Crippen molar-refractivity contribution >= 4 is 28.3 Å². The third kappa shape index (κ3) is 2.94. The fourth-order valence-electron chi connectivity index (χ4n) is 4.62. The zero-order valence-electron chi connectivity index (χ0n) is 16.2. The molecule has 0 aromatic heterocycles. The molecule has 5 rings (SSSR count). The molecule has 5 nitrogen and oxygen atoms in total. The van der Waals surface area contributed by atoms with Crippen LogP contribution in [0.4, 0.5) is 5.69 Å². The Morgan fingerprint density at radius 2 is 1.55 bits per heavy atom. The van der Waals surface area contributed by atoms with Gasteiger partial charge in [-0.1, -0.05) is 48.5 Å². The van der Waals surface area contributed by atoms with Crippen LogP contribution in [0.2, 0.25) is 0 Å². The fraction of sp³-hybridized carbons (Fsp3) is 0.250. The second-order valence-corrected chi connectivity index (χ2v) is 7.81. The number of nitrogens with one attached hydrogen (secondary N) is 1. The van der Waals surface area contributed by atoms with Crippen LogP contribution in [-0.4, -0.2) is 42.0 Å². The summed E-state index contributed by atoms with van der Waals surface area (Å²) in [5.74, 6) is 0.106. The van der Waals surface area contributed by atoms with Crippen LogP contribution < -0.4 is 10.2 Å². The highest BCUT2D eigenvalue weighted by Gasteiger charge is 2.50. The zero-order chi connectivity index (χ0) is 19.8. The van der Waals surface area contributed by atoms with E-state index in [2.05, 4.69) is 10.2 Å². The number of benzene rings is 3. The number of amides is 2. The molecule has 0 aliphatic carbocycles. The number of para-hydroxylation sites is 1. The summed E-state index contributed by atoms with van der Waals surface area (Å²) in [5, 5.41) is 5.20. The number of piperidine rings is 1. The van der Waals surface area contributed by atoms with Crippen molar-refractivity contribution in [3.63, 3.8) is 0 Å². The molecule has 2 saturated heterocycles. The van der Waals surface area contributed by atoms with Gasteiger partial charge in [-0.05, 0) is 47.9 Å². The number of fused-ring (bicyclic) bond motifs is 1. The van der Waals surface area contributed by atoms with Crippen LogP contribution in [0, 0.1) is 0 Å². The Morgan fingerprint density at radius 3 is 2.31 bits per heavy atom. The first-order chi connectivity index (χ1) is 14.2. The molecule has 146 valence electrons. The van der Waals surface area contributed by atoms with E-state index in [0.717, 1.165) is 16.5 Å². The Balaban J connectivity index is 1.36. The van der Waals surface area contributed by atoms with Gasteiger partial charge in [0.05, 0.1) is 6.67 Å². The molecule has 29 heavy (non-hydrogen) atoms. The monoisotopic (exact) mass is 385 g/mol. The van der Waals surface area contributed by atoms with E-state index in [1.807, 2.05) is 77.7 Å². The van der Waals surface area contributed by atoms with E-state index in [0.29, 0.717) is 38.2 Å². The van der Waals surface area contributed by atoms with E-state index in [1.165, 1.54) is 0 Å². The van der Waals surface area contributed by atoms with Gasteiger partial charge in [-0.25, -0.2) is 0 Å². The van der Waals surface area contributed by atoms with Crippen molar-refractivity contribution in [3.05, 3.63) is 78.4 Å². The van der Waals surface area contributed by atoms with E-state index in [9.17, 15) is 9.59 Å². The summed E-state index contributed by atoms with van der Waals surface area (Å²) in [6.07, 6.45) is 1.26. The fourth-order valence-corrected chi connectivity index (χ4v) is 4.62. The van der Waals surface area contributed by atoms with E-state index in [-0.39, 0.29) is 11.8 Å². The minimum Gasteiger partial charge on any atom is -0.339 e. The quantitative estimate of drug-likeness (QED) is 0.736. The predicted octanol–water partition coefficient (Wildman–Crippen LogP) is 3.41. The topological polar surface area (TPSA) is 52.7 Å². The Bertz CT molecular complexity index is 1070. The molecule has 0 radical (unpaired) electrons. The summed E-state index contributed by atoms with van der Waals surface area (Å²) in [7, 11) is 0. The molecule has 5 heteroatoms. The molecular weight excluding hydrogens is 362 g/mol. The lowest BCUT2D eigenvalue weighted by Gasteiger charge is -2.43. The van der Waals surface area contributed by atoms with Crippen LogP contribution >= 0.6 is 0 Å². The molecule has 0 saturated carbocycles. The van der Waals surface area contributed by atoms with Gasteiger partial charge in [0.15, 0.2) is 0 Å². The first-order valence-electron chi connectivity index (χ1n) is 10.1. The molecule has 1 N–H and O–H groups in total. The highest BCUT2D eigenvalue weighted by molar-refractivity contribution is 5.99. The highest BCUT2D eigenvalue weighted by Crippen LogP contribution is 2.36. The van der Waals surface area contributed by atoms with Gasteiger partial charge in [0.25, 0.3) is 5.91 Å². The number of anilines is 1. The first-order valence-corrected chi connectivity index (χ1v) is 10.1. The second kappa shape index (κ2) is 6.92. The molecule has 0 unspecified atom stereocenters. The molecule has 0 bridgehead atoms. The van der Waals surface area contributed by atoms with Gasteiger partial charge in [-0.3, -0.25) is 9.59 Å². The molecule has 0 atom stereocenters. The van der Waals surface area contributed by atoms with Gasteiger partial charge in [-0.2, -0.15) is 0 Å². The van der Waals surface area contributed by atoms with E-state index >= 15 is 0 Å². The van der Waals surface area contributed by atoms with Crippen molar-refractivity contribution in [1.82, 2.24) is 10.2 Å². The summed E-state index contributed by atoms with van der Waals surface area (Å²) < 4.78 is 0. The van der Waals surface area contributed by atoms with Gasteiger partial charge >= 0.3 is 0 Å². The lowest BCUT2D eigenvalue weighted by atomic mass is 9.85. The van der Waals surface area contributed by atoms with Crippen LogP contribution in [0.25, 0.3) is 10.8 Å². The molecule has 2 aliphatic rings. The van der Waals surface area contributed by atoms with E-state index < -0.39 is 5.54 Å². The summed E-state index contributed by atoms with van der Waals surface area (Å²) in [6.45, 7) is 1.66. The van der Waals surface area contributed by atoms with Crippen molar-refractivity contribution in [1.29, 1.82) is 0 Å². The number of carbonyl (C=O) groups excluding carboxylic acids is 2. The van der Waals surface area contributed by atoms with E-state index in [1.54, 1.807) is 0 Å². The number of carbonyl (C=O) groups is 2. The van der Waals surface area contributed by atoms with E-state index in [4.69, 9.17) is 0 Å². The van der Waals surface area contributed by atoms with Crippen LogP contribution in [0.3, 0.4) is 0 Å². The largest absolute Gasteiger partial charge is 0.339 e. The number of hydrogen-bond donors (Lipinski definition) is 1. The van der Waals surface area contributed by atoms with Crippen molar-refractivity contribution in [2.45, 2.75) is 18.4 Å². The minimum atomic E-state index is -0.568. The van der Waals surface area contributed by atoms with Crippen molar-refractivity contribution in [2.24, 2.45) is 0 Å². The van der Waals surface area contributed by atoms with Crippen LogP contribution in [-0.2, 0) is 4.79 Å². The normalized spacial score (nSPS) is 18.3. The molecule has 2 fully saturated rings. The number of rotatable bonds is 2. The zero-order valence-corrected chi connectivity index (χ0v) is 16.2. The Kier molecular flexibility index (Phi) is 4.23. The summed E-state index contributed by atoms with van der Waals surface area (Å²) >= 11 is 0. The van der Waals surface area contributed by atoms with Gasteiger partial charge in [-0.15, -0.1) is 0 Å². The van der Waals surface area contributed by atoms with Gasteiger partial charge in [0, 0.05) is 24.3 Å². The van der Waals surface area contributed by atoms with Crippen LogP contribution in [0.15, 0.2) is 72.8 Å². The smallest absolute Gasteiger partial charge is 0.253 e. The van der Waals surface area contributed by atoms with Crippen LogP contribution in [0.5, 0.6) is 0 Å². The lowest BCUT2D eigenvalue weighted by Crippen LogP contribution is -2.57. The SMILES string of the molecule is O=C(c1ccc2ccccc2c1)N1CCC2(CC1)C(=O)NCN2c1ccccc1. The second-order valence-electron chi connectivity index (χ2n) is 7.81. The molecular formula is C24H23N3O2. The van der Waals surface area contributed by atoms with Crippen molar-refractivity contribution in [3.8, 4) is 0 Å². The molecule has 3 aromatic carbocycles. The Hall–Kier alpha value is -3.34. The molecule has 2 heterocycles. The van der Waals surface area contributed by atoms with Gasteiger partial charge < -0.3 is 15.1 Å². The molecule has 1 spiro atoms. The number of nitrogens with zero attached hydrogens (tertiary/aromatic N) is 2. The van der Waals surface area contributed by atoms with Crippen LogP contribution in [0.1, 0.15) is 23.2 Å². The third-order valence-corrected chi connectivity index (χ3v) is 6.28. The standard InChI is InChI=1S/C24H23N3O2/c28-22(20-11-10-18-6-4-5-7-19(18)16-20)26-14-12-24(13-15-26)23(29)25-17-27(24)21-8-2-1-3-9-21/h1-11,16H,12-15,17H2,(H,25,29). The number of hydrogen-bond acceptors (Lipinski definition) is 3. The lowest BCUT2D eigenvalue weighted by molar-refractivity contribution is -0.124. The molecule has 2 amide bonds. The minimum absolute atomic E-state index is 0.0373. The predicted molar refractivity (Wildman–Crippen MR) is 114 cm³/mol. The molecule has 3 aromatic rings. The van der Waals surface area contributed by atoms with Crippen molar-refractivity contribution in [2.75, 3.05) is 24.7 Å². The van der Waals surface area contributed by atoms with Gasteiger partial charge in [0.1, 0.15) is 5.54 Å². The van der Waals surface area contributed by atoms with Gasteiger partial charge in [0.2, 0.25) is 5.91 Å². The van der Waals surface area contributed by atoms with Crippen molar-refractivity contribution < 1.29 is 9.59 Å². The average Bonchev–Trinajstić information content (AvgIpc) is 3.09. The summed E-state index contributed by atoms with van der Waals surface area (Å²) in [6, 6.07) is 23.9. The Labute approximate surface area is 169 Å². The maximum atomic E-state index is 13.1. The average molecular weight is 385 g/mol. The highest BCUT2D eigenvalue weighted by atomic mass is 16.2. The summed E-state index contributed by atoms with van der Waals surface area (Å²) in [4.78, 5) is 29.9. The maximum Gasteiger partial charge on any atom is 0.253 e. The first kappa shape index (κ1) is 17.7. The molecule has 2 aliphatic heterocycles. The Morgan fingerprint density at radius 1 is 0.862 bits per heavy atom. The number of likely N-dealkylation sites (tertiary alicyclic amines) is 1.